The Bertz CT molecular complexity index is 1300. The molecule has 0 rings (SSSR count). The second-order valence-electron chi connectivity index (χ2n) is 27.8. The molecule has 0 aromatic rings. The fraction of sp³-hybridized carbons (Fsp3) is 0.950. The summed E-state index contributed by atoms with van der Waals surface area (Å²) < 4.78 is 5.49. The number of ether oxygens (including phenoxy) is 1. The van der Waals surface area contributed by atoms with Gasteiger partial charge in [-0.3, -0.25) is 9.59 Å². The molecule has 3 N–H and O–H groups in total. The molecular formula is C80H157NO5. The van der Waals surface area contributed by atoms with Gasteiger partial charge in [0, 0.05) is 12.8 Å². The predicted molar refractivity (Wildman–Crippen MR) is 380 cm³/mol. The van der Waals surface area contributed by atoms with Crippen molar-refractivity contribution in [2.24, 2.45) is 0 Å². The molecule has 0 aliphatic heterocycles. The van der Waals surface area contributed by atoms with Gasteiger partial charge in [0.05, 0.1) is 25.4 Å². The Balaban J connectivity index is 3.35. The van der Waals surface area contributed by atoms with Gasteiger partial charge in [-0.2, -0.15) is 0 Å². The van der Waals surface area contributed by atoms with Crippen LogP contribution in [0.3, 0.4) is 0 Å². The summed E-state index contributed by atoms with van der Waals surface area (Å²) in [7, 11) is 0. The molecule has 0 fully saturated rings. The Kier molecular flexibility index (Phi) is 74.8. The topological polar surface area (TPSA) is 95.9 Å². The molecule has 6 heteroatoms. The van der Waals surface area contributed by atoms with Gasteiger partial charge in [-0.1, -0.05) is 411 Å². The van der Waals surface area contributed by atoms with Gasteiger partial charge >= 0.3 is 5.97 Å². The van der Waals surface area contributed by atoms with E-state index in [0.717, 1.165) is 38.5 Å². The molecule has 1 amide bonds. The predicted octanol–water partition coefficient (Wildman–Crippen LogP) is 26.3. The third-order valence-electron chi connectivity index (χ3n) is 19.1. The number of hydrogen-bond acceptors (Lipinski definition) is 5. The first-order valence-corrected chi connectivity index (χ1v) is 39.9. The van der Waals surface area contributed by atoms with Gasteiger partial charge in [0.2, 0.25) is 5.91 Å². The highest BCUT2D eigenvalue weighted by molar-refractivity contribution is 5.76. The Hall–Kier alpha value is -1.40. The van der Waals surface area contributed by atoms with Gasteiger partial charge in [0.25, 0.3) is 0 Å². The third-order valence-corrected chi connectivity index (χ3v) is 19.1. The lowest BCUT2D eigenvalue weighted by Gasteiger charge is -2.22. The second-order valence-corrected chi connectivity index (χ2v) is 27.8. The second kappa shape index (κ2) is 76.1. The molecule has 0 bridgehead atoms. The van der Waals surface area contributed by atoms with E-state index in [1.54, 1.807) is 0 Å². The van der Waals surface area contributed by atoms with Gasteiger partial charge in [-0.05, 0) is 51.4 Å². The van der Waals surface area contributed by atoms with Crippen LogP contribution in [0.1, 0.15) is 463 Å². The maximum atomic E-state index is 12.6. The fourth-order valence-electron chi connectivity index (χ4n) is 13.0. The molecule has 0 aromatic carbocycles. The van der Waals surface area contributed by atoms with Crippen molar-refractivity contribution in [3.63, 3.8) is 0 Å². The average molecular weight is 1210 g/mol. The molecule has 512 valence electrons. The normalized spacial score (nSPS) is 12.5. The number of nitrogens with one attached hydrogen (secondary N) is 1. The minimum Gasteiger partial charge on any atom is -0.466 e. The number of aliphatic hydroxyl groups excluding tert-OH is 2. The van der Waals surface area contributed by atoms with E-state index in [-0.39, 0.29) is 18.5 Å². The van der Waals surface area contributed by atoms with Gasteiger partial charge in [-0.25, -0.2) is 0 Å². The zero-order valence-electron chi connectivity index (χ0n) is 58.8. The van der Waals surface area contributed by atoms with Crippen LogP contribution in [0.5, 0.6) is 0 Å². The van der Waals surface area contributed by atoms with E-state index in [1.807, 2.05) is 0 Å². The molecule has 2 unspecified atom stereocenters. The van der Waals surface area contributed by atoms with Crippen molar-refractivity contribution >= 4 is 11.9 Å². The molecular weight excluding hydrogens is 1050 g/mol. The molecule has 86 heavy (non-hydrogen) atoms. The van der Waals surface area contributed by atoms with Gasteiger partial charge in [0.15, 0.2) is 0 Å². The molecule has 0 aliphatic carbocycles. The van der Waals surface area contributed by atoms with E-state index < -0.39 is 12.1 Å². The summed E-state index contributed by atoms with van der Waals surface area (Å²) in [5.74, 6) is -0.00504. The number of amides is 1. The average Bonchev–Trinajstić information content (AvgIpc) is 3.57. The van der Waals surface area contributed by atoms with Crippen molar-refractivity contribution in [1.82, 2.24) is 5.32 Å². The monoisotopic (exact) mass is 1210 g/mol. The Morgan fingerprint density at radius 2 is 0.547 bits per heavy atom. The fourth-order valence-corrected chi connectivity index (χ4v) is 13.0. The minimum atomic E-state index is -0.663. The highest BCUT2D eigenvalue weighted by Crippen LogP contribution is 2.20. The van der Waals surface area contributed by atoms with Crippen molar-refractivity contribution in [1.29, 1.82) is 0 Å². The van der Waals surface area contributed by atoms with Gasteiger partial charge in [0.1, 0.15) is 0 Å². The maximum absolute atomic E-state index is 12.6. The van der Waals surface area contributed by atoms with Crippen molar-refractivity contribution in [3.05, 3.63) is 12.2 Å². The lowest BCUT2D eigenvalue weighted by Crippen LogP contribution is -2.45. The molecule has 0 saturated carbocycles. The Morgan fingerprint density at radius 3 is 0.826 bits per heavy atom. The highest BCUT2D eigenvalue weighted by atomic mass is 16.5. The third kappa shape index (κ3) is 71.7. The lowest BCUT2D eigenvalue weighted by molar-refractivity contribution is -0.143. The van der Waals surface area contributed by atoms with Crippen molar-refractivity contribution in [2.45, 2.75) is 475 Å². The van der Waals surface area contributed by atoms with Crippen LogP contribution >= 0.6 is 0 Å². The number of allylic oxidation sites excluding steroid dienone is 2. The van der Waals surface area contributed by atoms with Crippen molar-refractivity contribution in [2.75, 3.05) is 13.2 Å². The summed E-state index contributed by atoms with van der Waals surface area (Å²) in [5.41, 5.74) is 0. The summed E-state index contributed by atoms with van der Waals surface area (Å²) in [4.78, 5) is 24.6. The first kappa shape index (κ1) is 84.6. The minimum absolute atomic E-state index is 0.0206. The zero-order chi connectivity index (χ0) is 62.0. The van der Waals surface area contributed by atoms with Crippen molar-refractivity contribution in [3.8, 4) is 0 Å². The zero-order valence-corrected chi connectivity index (χ0v) is 58.8. The molecule has 0 radical (unpaired) electrons. The van der Waals surface area contributed by atoms with Gasteiger partial charge in [-0.15, -0.1) is 0 Å². The summed E-state index contributed by atoms with van der Waals surface area (Å²) >= 11 is 0. The van der Waals surface area contributed by atoms with E-state index in [2.05, 4.69) is 31.3 Å². The highest BCUT2D eigenvalue weighted by Gasteiger charge is 2.20. The van der Waals surface area contributed by atoms with Crippen LogP contribution in [-0.4, -0.2) is 47.4 Å². The maximum Gasteiger partial charge on any atom is 0.305 e. The summed E-state index contributed by atoms with van der Waals surface area (Å²) in [6, 6.07) is -0.540. The Labute approximate surface area is 539 Å². The summed E-state index contributed by atoms with van der Waals surface area (Å²) in [5, 5.41) is 23.5. The van der Waals surface area contributed by atoms with E-state index in [4.69, 9.17) is 4.74 Å². The summed E-state index contributed by atoms with van der Waals surface area (Å²) in [6.07, 6.45) is 95.9. The number of carbonyl (C=O) groups excluding carboxylic acids is 2. The standard InChI is InChI=1S/C80H157NO5/c1-3-5-7-9-11-13-15-17-18-19-20-21-22-34-37-40-43-46-49-52-56-60-64-68-72-78(83)77(76-82)81-79(84)73-69-65-61-57-53-50-47-44-41-38-35-32-30-28-26-24-23-25-27-29-31-33-36-39-42-45-48-51-55-59-63-67-71-75-86-80(85)74-70-66-62-58-54-16-14-12-10-8-6-4-2/h27,29,77-78,82-83H,3-26,28,30-76H2,1-2H3,(H,81,84)/b29-27-. The SMILES string of the molecule is CCCCCCCCCCCCCCCCCCCCCCCCCCC(O)C(CO)NC(=O)CCCCCCCCCCCCCCCCCCC/C=C\CCCCCCCCCCCCCCOC(=O)CCCCCCCCCCCCCC. The number of esters is 1. The quantitative estimate of drug-likeness (QED) is 0.0320. The van der Waals surface area contributed by atoms with E-state index >= 15 is 0 Å². The molecule has 0 spiro atoms. The molecule has 6 nitrogen and oxygen atoms in total. The first-order valence-electron chi connectivity index (χ1n) is 39.9. The van der Waals surface area contributed by atoms with Crippen molar-refractivity contribution < 1.29 is 24.5 Å². The first-order chi connectivity index (χ1) is 42.5. The number of hydrogen-bond donors (Lipinski definition) is 3. The molecule has 0 aromatic heterocycles. The number of unbranched alkanes of at least 4 members (excludes halogenated alkanes) is 63. The van der Waals surface area contributed by atoms with E-state index in [9.17, 15) is 19.8 Å². The molecule has 2 atom stereocenters. The van der Waals surface area contributed by atoms with Crippen LogP contribution in [-0.2, 0) is 14.3 Å². The van der Waals surface area contributed by atoms with Crippen LogP contribution in [0.2, 0.25) is 0 Å². The van der Waals surface area contributed by atoms with Crippen LogP contribution in [0.4, 0.5) is 0 Å². The molecule has 0 saturated heterocycles. The van der Waals surface area contributed by atoms with E-state index in [1.165, 1.54) is 392 Å². The largest absolute Gasteiger partial charge is 0.466 e. The summed E-state index contributed by atoms with van der Waals surface area (Å²) in [6.45, 7) is 5.01. The smallest absolute Gasteiger partial charge is 0.305 e. The number of aliphatic hydroxyl groups is 2. The molecule has 0 aliphatic rings. The molecule has 0 heterocycles. The van der Waals surface area contributed by atoms with E-state index in [0.29, 0.717) is 25.9 Å². The van der Waals surface area contributed by atoms with Crippen LogP contribution < -0.4 is 5.32 Å². The number of carbonyl (C=O) groups is 2. The lowest BCUT2D eigenvalue weighted by atomic mass is 10.0. The van der Waals surface area contributed by atoms with Gasteiger partial charge < -0.3 is 20.3 Å². The Morgan fingerprint density at radius 1 is 0.314 bits per heavy atom. The number of rotatable bonds is 76. The van der Waals surface area contributed by atoms with Crippen LogP contribution in [0.15, 0.2) is 12.2 Å². The van der Waals surface area contributed by atoms with Crippen LogP contribution in [0.25, 0.3) is 0 Å². The van der Waals surface area contributed by atoms with Crippen LogP contribution in [0, 0.1) is 0 Å².